The van der Waals surface area contributed by atoms with Gasteiger partial charge in [-0.1, -0.05) is 12.1 Å². The Labute approximate surface area is 70.6 Å². The summed E-state index contributed by atoms with van der Waals surface area (Å²) in [6.07, 6.45) is 0. The summed E-state index contributed by atoms with van der Waals surface area (Å²) < 4.78 is 18.2. The van der Waals surface area contributed by atoms with Gasteiger partial charge in [-0.2, -0.15) is 0 Å². The summed E-state index contributed by atoms with van der Waals surface area (Å²) in [4.78, 5) is 0. The van der Waals surface area contributed by atoms with Gasteiger partial charge in [-0.25, -0.2) is 4.39 Å². The van der Waals surface area contributed by atoms with E-state index in [2.05, 4.69) is 0 Å². The number of hydrogen-bond donors (Lipinski definition) is 1. The minimum Gasteiger partial charge on any atom is -0.491 e. The normalized spacial score (nSPS) is 9.92. The maximum absolute atomic E-state index is 13.2. The third kappa shape index (κ3) is 1.74. The second-order valence-electron chi connectivity index (χ2n) is 2.32. The van der Waals surface area contributed by atoms with Gasteiger partial charge in [0.1, 0.15) is 0 Å². The van der Waals surface area contributed by atoms with E-state index in [1.165, 1.54) is 12.1 Å². The highest BCUT2D eigenvalue weighted by atomic mass is 19.1. The highest BCUT2D eigenvalue weighted by Crippen LogP contribution is 2.19. The highest BCUT2D eigenvalue weighted by molar-refractivity contribution is 5.30. The van der Waals surface area contributed by atoms with Crippen molar-refractivity contribution in [1.82, 2.24) is 0 Å². The summed E-state index contributed by atoms with van der Waals surface area (Å²) in [5.41, 5.74) is 0.265. The summed E-state index contributed by atoms with van der Waals surface area (Å²) in [5, 5.41) is 8.72. The SMILES string of the molecule is CCOc1cccc(CO)c1F. The molecule has 1 rings (SSSR count). The summed E-state index contributed by atoms with van der Waals surface area (Å²) in [7, 11) is 0. The molecule has 12 heavy (non-hydrogen) atoms. The van der Waals surface area contributed by atoms with Gasteiger partial charge in [0.2, 0.25) is 0 Å². The molecule has 0 aliphatic carbocycles. The van der Waals surface area contributed by atoms with E-state index in [0.29, 0.717) is 6.61 Å². The molecule has 1 N–H and O–H groups in total. The van der Waals surface area contributed by atoms with E-state index in [4.69, 9.17) is 9.84 Å². The summed E-state index contributed by atoms with van der Waals surface area (Å²) in [6.45, 7) is 1.91. The predicted molar refractivity (Wildman–Crippen MR) is 43.5 cm³/mol. The van der Waals surface area contributed by atoms with Crippen molar-refractivity contribution in [3.05, 3.63) is 29.6 Å². The van der Waals surface area contributed by atoms with Crippen molar-refractivity contribution in [2.24, 2.45) is 0 Å². The molecule has 0 fully saturated rings. The Morgan fingerprint density at radius 3 is 2.83 bits per heavy atom. The molecule has 0 aliphatic heterocycles. The summed E-state index contributed by atoms with van der Waals surface area (Å²) in [6, 6.07) is 4.72. The van der Waals surface area contributed by atoms with Crippen LogP contribution in [0.25, 0.3) is 0 Å². The van der Waals surface area contributed by atoms with Crippen LogP contribution in [-0.4, -0.2) is 11.7 Å². The Bertz CT molecular complexity index is 261. The lowest BCUT2D eigenvalue weighted by atomic mass is 10.2. The van der Waals surface area contributed by atoms with Crippen LogP contribution in [0, 0.1) is 5.82 Å². The third-order valence-electron chi connectivity index (χ3n) is 1.51. The first-order valence-electron chi connectivity index (χ1n) is 3.80. The zero-order valence-electron chi connectivity index (χ0n) is 6.88. The smallest absolute Gasteiger partial charge is 0.170 e. The van der Waals surface area contributed by atoms with E-state index in [1.807, 2.05) is 0 Å². The standard InChI is InChI=1S/C9H11FO2/c1-2-12-8-5-3-4-7(6-11)9(8)10/h3-5,11H,2,6H2,1H3. The van der Waals surface area contributed by atoms with Gasteiger partial charge in [0.15, 0.2) is 11.6 Å². The van der Waals surface area contributed by atoms with Crippen LogP contribution in [-0.2, 0) is 6.61 Å². The number of rotatable bonds is 3. The zero-order valence-corrected chi connectivity index (χ0v) is 6.88. The highest BCUT2D eigenvalue weighted by Gasteiger charge is 2.06. The Balaban J connectivity index is 2.97. The molecule has 0 radical (unpaired) electrons. The molecule has 0 amide bonds. The molecule has 0 aliphatic rings. The second-order valence-corrected chi connectivity index (χ2v) is 2.32. The van der Waals surface area contributed by atoms with Crippen molar-refractivity contribution >= 4 is 0 Å². The Morgan fingerprint density at radius 1 is 1.50 bits per heavy atom. The van der Waals surface area contributed by atoms with Crippen LogP contribution in [0.1, 0.15) is 12.5 Å². The fourth-order valence-corrected chi connectivity index (χ4v) is 0.945. The molecule has 0 saturated carbocycles. The van der Waals surface area contributed by atoms with Gasteiger partial charge in [0, 0.05) is 5.56 Å². The van der Waals surface area contributed by atoms with E-state index in [0.717, 1.165) is 0 Å². The maximum Gasteiger partial charge on any atom is 0.170 e. The number of halogens is 1. The van der Waals surface area contributed by atoms with Crippen molar-refractivity contribution in [1.29, 1.82) is 0 Å². The van der Waals surface area contributed by atoms with Gasteiger partial charge in [-0.3, -0.25) is 0 Å². The van der Waals surface area contributed by atoms with E-state index in [9.17, 15) is 4.39 Å². The predicted octanol–water partition coefficient (Wildman–Crippen LogP) is 1.72. The van der Waals surface area contributed by atoms with Crippen molar-refractivity contribution < 1.29 is 14.2 Å². The molecular formula is C9H11FO2. The second kappa shape index (κ2) is 4.07. The summed E-state index contributed by atoms with van der Waals surface area (Å²) >= 11 is 0. The first-order valence-corrected chi connectivity index (χ1v) is 3.80. The van der Waals surface area contributed by atoms with Gasteiger partial charge >= 0.3 is 0 Å². The third-order valence-corrected chi connectivity index (χ3v) is 1.51. The fourth-order valence-electron chi connectivity index (χ4n) is 0.945. The molecule has 2 nitrogen and oxygen atoms in total. The van der Waals surface area contributed by atoms with E-state index < -0.39 is 5.82 Å². The van der Waals surface area contributed by atoms with E-state index in [1.54, 1.807) is 13.0 Å². The molecule has 3 heteroatoms. The lowest BCUT2D eigenvalue weighted by Crippen LogP contribution is -1.97. The van der Waals surface area contributed by atoms with Crippen molar-refractivity contribution in [2.75, 3.05) is 6.61 Å². The number of aliphatic hydroxyl groups is 1. The largest absolute Gasteiger partial charge is 0.491 e. The molecule has 0 heterocycles. The van der Waals surface area contributed by atoms with Crippen molar-refractivity contribution in [3.8, 4) is 5.75 Å². The number of hydrogen-bond acceptors (Lipinski definition) is 2. The lowest BCUT2D eigenvalue weighted by molar-refractivity contribution is 0.269. The van der Waals surface area contributed by atoms with Crippen LogP contribution >= 0.6 is 0 Å². The van der Waals surface area contributed by atoms with Gasteiger partial charge in [-0.05, 0) is 13.0 Å². The van der Waals surface area contributed by atoms with Crippen LogP contribution in [0.3, 0.4) is 0 Å². The molecule has 0 atom stereocenters. The number of aliphatic hydroxyl groups excluding tert-OH is 1. The molecule has 0 saturated heterocycles. The zero-order chi connectivity index (χ0) is 8.97. The van der Waals surface area contributed by atoms with Crippen LogP contribution in [0.4, 0.5) is 4.39 Å². The molecule has 1 aromatic rings. The van der Waals surface area contributed by atoms with Crippen molar-refractivity contribution in [3.63, 3.8) is 0 Å². The number of benzene rings is 1. The number of ether oxygens (including phenoxy) is 1. The minimum atomic E-state index is -0.471. The van der Waals surface area contributed by atoms with Gasteiger partial charge in [-0.15, -0.1) is 0 Å². The van der Waals surface area contributed by atoms with Crippen LogP contribution in [0.2, 0.25) is 0 Å². The Hall–Kier alpha value is -1.09. The van der Waals surface area contributed by atoms with Gasteiger partial charge < -0.3 is 9.84 Å². The van der Waals surface area contributed by atoms with Crippen molar-refractivity contribution in [2.45, 2.75) is 13.5 Å². The quantitative estimate of drug-likeness (QED) is 0.748. The molecule has 0 aromatic heterocycles. The molecule has 66 valence electrons. The Kier molecular flexibility index (Phi) is 3.05. The van der Waals surface area contributed by atoms with Crippen LogP contribution in [0.5, 0.6) is 5.75 Å². The van der Waals surface area contributed by atoms with E-state index in [-0.39, 0.29) is 17.9 Å². The molecule has 0 unspecified atom stereocenters. The first kappa shape index (κ1) is 9.00. The topological polar surface area (TPSA) is 29.5 Å². The minimum absolute atomic E-state index is 0.198. The monoisotopic (exact) mass is 170 g/mol. The molecule has 1 aromatic carbocycles. The molecule has 0 bridgehead atoms. The molecule has 0 spiro atoms. The average Bonchev–Trinajstić information content (AvgIpc) is 2.09. The first-order chi connectivity index (χ1) is 5.79. The fraction of sp³-hybridized carbons (Fsp3) is 0.333. The lowest BCUT2D eigenvalue weighted by Gasteiger charge is -2.06. The Morgan fingerprint density at radius 2 is 2.25 bits per heavy atom. The average molecular weight is 170 g/mol. The van der Waals surface area contributed by atoms with Crippen LogP contribution < -0.4 is 4.74 Å². The van der Waals surface area contributed by atoms with Gasteiger partial charge in [0.25, 0.3) is 0 Å². The van der Waals surface area contributed by atoms with Crippen LogP contribution in [0.15, 0.2) is 18.2 Å². The van der Waals surface area contributed by atoms with Gasteiger partial charge in [0.05, 0.1) is 13.2 Å². The van der Waals surface area contributed by atoms with E-state index >= 15 is 0 Å². The maximum atomic E-state index is 13.2. The molecular weight excluding hydrogens is 159 g/mol. The summed E-state index contributed by atoms with van der Waals surface area (Å²) in [5.74, 6) is -0.272.